The van der Waals surface area contributed by atoms with Gasteiger partial charge in [0.05, 0.1) is 34.3 Å². The topological polar surface area (TPSA) is 114 Å². The summed E-state index contributed by atoms with van der Waals surface area (Å²) in [6, 6.07) is 8.72. The van der Waals surface area contributed by atoms with Gasteiger partial charge in [-0.3, -0.25) is 4.57 Å². The maximum atomic E-state index is 12.6. The summed E-state index contributed by atoms with van der Waals surface area (Å²) in [7, 11) is 1.23. The van der Waals surface area contributed by atoms with Gasteiger partial charge in [0.25, 0.3) is 7.82 Å². The van der Waals surface area contributed by atoms with E-state index < -0.39 is 20.0 Å². The minimum atomic E-state index is -4.61. The third kappa shape index (κ3) is 22.1. The molecule has 1 aromatic rings. The molecule has 2 amide bonds. The van der Waals surface area contributed by atoms with Gasteiger partial charge in [-0.1, -0.05) is 121 Å². The summed E-state index contributed by atoms with van der Waals surface area (Å²) in [5.41, 5.74) is 6.50. The fourth-order valence-corrected chi connectivity index (χ4v) is 5.51. The largest absolute Gasteiger partial charge is 0.756 e. The lowest BCUT2D eigenvalue weighted by Crippen LogP contribution is -2.43. The standard InChI is InChI=1S/C32H60N3O6P/c1-5-6-7-8-9-10-11-12-13-14-15-16-17-21-25-39-29-31(41-42(37,38)40-26-24-35(2,3)4)28-34(32(33)36)27-30-22-19-18-20-23-30/h18-20,22-23,31H,5-17,21,24-29H2,1-4H3,(H2-,33,36,37,38). The molecule has 2 N–H and O–H groups in total. The van der Waals surface area contributed by atoms with Crippen LogP contribution in [0.1, 0.15) is 102 Å². The minimum absolute atomic E-state index is 0.000448. The van der Waals surface area contributed by atoms with Crippen LogP contribution in [0.5, 0.6) is 0 Å². The lowest BCUT2D eigenvalue weighted by atomic mass is 10.0. The van der Waals surface area contributed by atoms with Crippen molar-refractivity contribution in [2.45, 2.75) is 109 Å². The van der Waals surface area contributed by atoms with E-state index in [1.165, 1.54) is 81.9 Å². The highest BCUT2D eigenvalue weighted by Gasteiger charge is 2.24. The fraction of sp³-hybridized carbons (Fsp3) is 0.781. The van der Waals surface area contributed by atoms with Crippen molar-refractivity contribution in [3.05, 3.63) is 35.9 Å². The maximum Gasteiger partial charge on any atom is 0.315 e. The summed E-state index contributed by atoms with van der Waals surface area (Å²) >= 11 is 0. The molecule has 0 aromatic heterocycles. The molecule has 0 aliphatic carbocycles. The average molecular weight is 614 g/mol. The van der Waals surface area contributed by atoms with Gasteiger partial charge in [-0.15, -0.1) is 0 Å². The van der Waals surface area contributed by atoms with Gasteiger partial charge in [-0.05, 0) is 12.0 Å². The number of hydrogen-bond donors (Lipinski definition) is 1. The first kappa shape index (κ1) is 38.5. The van der Waals surface area contributed by atoms with Gasteiger partial charge >= 0.3 is 6.03 Å². The van der Waals surface area contributed by atoms with E-state index >= 15 is 0 Å². The van der Waals surface area contributed by atoms with Crippen LogP contribution in [0.2, 0.25) is 0 Å². The molecular weight excluding hydrogens is 553 g/mol. The van der Waals surface area contributed by atoms with Crippen LogP contribution in [0.4, 0.5) is 4.79 Å². The first-order valence-corrected chi connectivity index (χ1v) is 17.6. The second-order valence-corrected chi connectivity index (χ2v) is 13.8. The molecular formula is C32H60N3O6P. The van der Waals surface area contributed by atoms with Gasteiger partial charge < -0.3 is 33.8 Å². The minimum Gasteiger partial charge on any atom is -0.756 e. The van der Waals surface area contributed by atoms with Crippen LogP contribution >= 0.6 is 7.82 Å². The van der Waals surface area contributed by atoms with Crippen molar-refractivity contribution in [2.24, 2.45) is 5.73 Å². The Kier molecular flexibility index (Phi) is 21.1. The zero-order valence-corrected chi connectivity index (χ0v) is 27.9. The molecule has 0 fully saturated rings. The summed E-state index contributed by atoms with van der Waals surface area (Å²) in [5.74, 6) is 0. The Morgan fingerprint density at radius 1 is 0.881 bits per heavy atom. The van der Waals surface area contributed by atoms with E-state index in [-0.39, 0.29) is 26.3 Å². The summed E-state index contributed by atoms with van der Waals surface area (Å²) in [6.45, 7) is 3.47. The average Bonchev–Trinajstić information content (AvgIpc) is 2.91. The number of hydrogen-bond acceptors (Lipinski definition) is 6. The number of nitrogens with two attached hydrogens (primary N) is 1. The normalized spacial score (nSPS) is 14.0. The molecule has 42 heavy (non-hydrogen) atoms. The van der Waals surface area contributed by atoms with E-state index in [0.717, 1.165) is 18.4 Å². The number of nitrogens with zero attached hydrogens (tertiary/aromatic N) is 2. The fourth-order valence-electron chi connectivity index (χ4n) is 4.65. The quantitative estimate of drug-likeness (QED) is 0.0676. The van der Waals surface area contributed by atoms with Crippen molar-refractivity contribution in [1.82, 2.24) is 4.90 Å². The molecule has 2 unspecified atom stereocenters. The summed E-state index contributed by atoms with van der Waals surface area (Å²) in [6.07, 6.45) is 16.9. The van der Waals surface area contributed by atoms with Gasteiger partial charge in [0, 0.05) is 13.2 Å². The van der Waals surface area contributed by atoms with Crippen LogP contribution in [0.25, 0.3) is 0 Å². The Morgan fingerprint density at radius 2 is 1.40 bits per heavy atom. The Hall–Kier alpha value is -1.48. The molecule has 9 nitrogen and oxygen atoms in total. The van der Waals surface area contributed by atoms with E-state index in [0.29, 0.717) is 17.6 Å². The van der Waals surface area contributed by atoms with Gasteiger partial charge in [0.1, 0.15) is 19.3 Å². The van der Waals surface area contributed by atoms with Crippen LogP contribution in [0, 0.1) is 0 Å². The van der Waals surface area contributed by atoms with Crippen LogP contribution in [-0.2, 0) is 24.9 Å². The Bertz CT molecular complexity index is 852. The van der Waals surface area contributed by atoms with Gasteiger partial charge in [-0.25, -0.2) is 4.79 Å². The van der Waals surface area contributed by atoms with Gasteiger partial charge in [0.15, 0.2) is 0 Å². The number of phosphoric acid groups is 1. The Balaban J connectivity index is 2.41. The van der Waals surface area contributed by atoms with Crippen molar-refractivity contribution in [2.75, 3.05) is 54.1 Å². The zero-order chi connectivity index (χ0) is 31.1. The van der Waals surface area contributed by atoms with Gasteiger partial charge in [-0.2, -0.15) is 0 Å². The lowest BCUT2D eigenvalue weighted by molar-refractivity contribution is -0.870. The molecule has 2 atom stereocenters. The van der Waals surface area contributed by atoms with Crippen LogP contribution in [-0.4, -0.2) is 75.6 Å². The molecule has 0 bridgehead atoms. The second-order valence-electron chi connectivity index (χ2n) is 12.4. The van der Waals surface area contributed by atoms with Crippen molar-refractivity contribution >= 4 is 13.9 Å². The molecule has 0 heterocycles. The van der Waals surface area contributed by atoms with E-state index in [1.54, 1.807) is 0 Å². The van der Waals surface area contributed by atoms with Crippen LogP contribution in [0.15, 0.2) is 30.3 Å². The number of amides is 2. The molecule has 0 spiro atoms. The molecule has 1 rings (SSSR count). The number of carbonyl (C=O) groups excluding carboxylic acids is 1. The first-order valence-electron chi connectivity index (χ1n) is 16.1. The molecule has 0 aliphatic heterocycles. The van der Waals surface area contributed by atoms with E-state index in [2.05, 4.69) is 6.92 Å². The van der Waals surface area contributed by atoms with Crippen molar-refractivity contribution in [1.29, 1.82) is 0 Å². The number of unbranched alkanes of at least 4 members (excludes halogenated alkanes) is 13. The van der Waals surface area contributed by atoms with Crippen molar-refractivity contribution in [3.8, 4) is 0 Å². The summed E-state index contributed by atoms with van der Waals surface area (Å²) < 4.78 is 29.5. The second kappa shape index (κ2) is 23.0. The van der Waals surface area contributed by atoms with Gasteiger partial charge in [0.2, 0.25) is 0 Å². The van der Waals surface area contributed by atoms with E-state index in [4.69, 9.17) is 19.5 Å². The first-order chi connectivity index (χ1) is 20.0. The number of benzene rings is 1. The number of rotatable bonds is 27. The Morgan fingerprint density at radius 3 is 1.90 bits per heavy atom. The van der Waals surface area contributed by atoms with E-state index in [9.17, 15) is 14.3 Å². The number of primary amides is 1. The zero-order valence-electron chi connectivity index (χ0n) is 27.0. The third-order valence-corrected chi connectivity index (χ3v) is 8.24. The van der Waals surface area contributed by atoms with Crippen molar-refractivity contribution < 1.29 is 32.5 Å². The number of carbonyl (C=O) groups is 1. The van der Waals surface area contributed by atoms with E-state index in [1.807, 2.05) is 51.5 Å². The van der Waals surface area contributed by atoms with Crippen LogP contribution in [0.3, 0.4) is 0 Å². The molecule has 244 valence electrons. The number of likely N-dealkylation sites (N-methyl/N-ethyl adjacent to an activating group) is 1. The lowest BCUT2D eigenvalue weighted by Gasteiger charge is -2.32. The number of phosphoric ester groups is 1. The number of quaternary nitrogens is 1. The number of ether oxygens (including phenoxy) is 1. The molecule has 1 aromatic carbocycles. The predicted molar refractivity (Wildman–Crippen MR) is 169 cm³/mol. The summed E-state index contributed by atoms with van der Waals surface area (Å²) in [4.78, 5) is 26.1. The molecule has 0 aliphatic rings. The van der Waals surface area contributed by atoms with Crippen LogP contribution < -0.4 is 10.6 Å². The third-order valence-electron chi connectivity index (χ3n) is 7.19. The molecule has 0 radical (unpaired) electrons. The smallest absolute Gasteiger partial charge is 0.315 e. The molecule has 0 saturated carbocycles. The highest BCUT2D eigenvalue weighted by atomic mass is 31.2. The predicted octanol–water partition coefficient (Wildman–Crippen LogP) is 6.64. The molecule has 10 heteroatoms. The molecule has 0 saturated heterocycles. The van der Waals surface area contributed by atoms with Crippen molar-refractivity contribution in [3.63, 3.8) is 0 Å². The monoisotopic (exact) mass is 613 g/mol. The number of urea groups is 1. The SMILES string of the molecule is CCCCCCCCCCCCCCCCOCC(CN(Cc1ccccc1)C(N)=O)OP(=O)([O-])OCC[N+](C)(C)C. The highest BCUT2D eigenvalue weighted by molar-refractivity contribution is 7.45. The Labute approximate surface area is 256 Å². The highest BCUT2D eigenvalue weighted by Crippen LogP contribution is 2.40. The maximum absolute atomic E-state index is 12.6. The summed E-state index contributed by atoms with van der Waals surface area (Å²) in [5, 5.41) is 0.